The smallest absolute Gasteiger partial charge is 0.335 e. The summed E-state index contributed by atoms with van der Waals surface area (Å²) < 4.78 is 0. The highest BCUT2D eigenvalue weighted by Gasteiger charge is 2.25. The number of hydrogen-bond acceptors (Lipinski definition) is 4. The fourth-order valence-electron chi connectivity index (χ4n) is 1.26. The number of thiocarbonyl (C=S) groups is 1. The van der Waals surface area contributed by atoms with E-state index in [0.717, 1.165) is 0 Å². The SMILES string of the molecule is NC(=S)Nc1cccc(C(O)C(O)C(=O)O)c1. The zero-order valence-electron chi connectivity index (χ0n) is 8.70. The minimum atomic E-state index is -1.88. The average molecular weight is 256 g/mol. The van der Waals surface area contributed by atoms with Gasteiger partial charge >= 0.3 is 5.97 Å². The maximum absolute atomic E-state index is 10.5. The number of carboxylic acid groups (broad SMARTS) is 1. The molecule has 17 heavy (non-hydrogen) atoms. The summed E-state index contributed by atoms with van der Waals surface area (Å²) in [5.74, 6) is -1.50. The van der Waals surface area contributed by atoms with Gasteiger partial charge in [-0.2, -0.15) is 0 Å². The molecule has 1 aromatic rings. The molecule has 1 rings (SSSR count). The summed E-state index contributed by atoms with van der Waals surface area (Å²) in [7, 11) is 0. The van der Waals surface area contributed by atoms with Crippen molar-refractivity contribution < 1.29 is 20.1 Å². The van der Waals surface area contributed by atoms with Gasteiger partial charge in [-0.1, -0.05) is 12.1 Å². The van der Waals surface area contributed by atoms with Crippen LogP contribution in [0.2, 0.25) is 0 Å². The van der Waals surface area contributed by atoms with Crippen LogP contribution in [0.1, 0.15) is 11.7 Å². The molecule has 0 bridgehead atoms. The Kier molecular flexibility index (Phi) is 4.38. The molecule has 0 spiro atoms. The van der Waals surface area contributed by atoms with E-state index in [9.17, 15) is 15.0 Å². The summed E-state index contributed by atoms with van der Waals surface area (Å²) in [5.41, 5.74) is 6.03. The van der Waals surface area contributed by atoms with Crippen LogP contribution in [0.25, 0.3) is 0 Å². The Morgan fingerprint density at radius 1 is 1.41 bits per heavy atom. The molecule has 6 nitrogen and oxygen atoms in total. The third-order valence-electron chi connectivity index (χ3n) is 2.05. The lowest BCUT2D eigenvalue weighted by Crippen LogP contribution is -2.27. The predicted octanol–water partition coefficient (Wildman–Crippen LogP) is -0.179. The summed E-state index contributed by atoms with van der Waals surface area (Å²) >= 11 is 4.64. The van der Waals surface area contributed by atoms with Crippen molar-refractivity contribution in [3.8, 4) is 0 Å². The molecule has 0 aliphatic heterocycles. The van der Waals surface area contributed by atoms with E-state index in [0.29, 0.717) is 5.69 Å². The van der Waals surface area contributed by atoms with Crippen molar-refractivity contribution in [3.63, 3.8) is 0 Å². The molecule has 0 aliphatic rings. The number of nitrogens with two attached hydrogens (primary N) is 1. The Morgan fingerprint density at radius 3 is 2.59 bits per heavy atom. The lowest BCUT2D eigenvalue weighted by Gasteiger charge is -2.15. The van der Waals surface area contributed by atoms with Crippen LogP contribution >= 0.6 is 12.2 Å². The molecule has 0 amide bonds. The van der Waals surface area contributed by atoms with E-state index < -0.39 is 18.2 Å². The van der Waals surface area contributed by atoms with Crippen LogP contribution in [-0.2, 0) is 4.79 Å². The number of aliphatic hydroxyl groups is 2. The van der Waals surface area contributed by atoms with Gasteiger partial charge in [-0.05, 0) is 29.9 Å². The van der Waals surface area contributed by atoms with Gasteiger partial charge in [0.15, 0.2) is 11.2 Å². The first-order chi connectivity index (χ1) is 7.91. The number of hydrogen-bond donors (Lipinski definition) is 5. The molecule has 7 heteroatoms. The monoisotopic (exact) mass is 256 g/mol. The van der Waals surface area contributed by atoms with Crippen molar-refractivity contribution in [2.45, 2.75) is 12.2 Å². The van der Waals surface area contributed by atoms with Gasteiger partial charge in [0, 0.05) is 5.69 Å². The molecular weight excluding hydrogens is 244 g/mol. The summed E-state index contributed by atoms with van der Waals surface area (Å²) in [4.78, 5) is 10.5. The van der Waals surface area contributed by atoms with Gasteiger partial charge in [0.25, 0.3) is 0 Å². The van der Waals surface area contributed by atoms with Crippen LogP contribution in [0.4, 0.5) is 5.69 Å². The van der Waals surface area contributed by atoms with Gasteiger partial charge in [0.1, 0.15) is 6.10 Å². The fourth-order valence-corrected chi connectivity index (χ4v) is 1.38. The molecule has 0 radical (unpaired) electrons. The molecule has 0 fully saturated rings. The second kappa shape index (κ2) is 5.58. The zero-order chi connectivity index (χ0) is 13.0. The first-order valence-electron chi connectivity index (χ1n) is 4.67. The van der Waals surface area contributed by atoms with Crippen LogP contribution in [0.5, 0.6) is 0 Å². The van der Waals surface area contributed by atoms with E-state index in [2.05, 4.69) is 17.5 Å². The van der Waals surface area contributed by atoms with Crippen LogP contribution < -0.4 is 11.1 Å². The van der Waals surface area contributed by atoms with Gasteiger partial charge in [-0.25, -0.2) is 4.79 Å². The second-order valence-corrected chi connectivity index (χ2v) is 3.78. The molecule has 6 N–H and O–H groups in total. The summed E-state index contributed by atoms with van der Waals surface area (Å²) in [6.45, 7) is 0. The predicted molar refractivity (Wildman–Crippen MR) is 65.5 cm³/mol. The van der Waals surface area contributed by atoms with Crippen LogP contribution in [-0.4, -0.2) is 32.5 Å². The highest BCUT2D eigenvalue weighted by molar-refractivity contribution is 7.80. The molecule has 2 atom stereocenters. The van der Waals surface area contributed by atoms with E-state index in [4.69, 9.17) is 10.8 Å². The van der Waals surface area contributed by atoms with Crippen molar-refractivity contribution >= 4 is 29.0 Å². The number of benzene rings is 1. The first kappa shape index (κ1) is 13.4. The number of aliphatic carboxylic acids is 1. The normalized spacial score (nSPS) is 13.8. The Balaban J connectivity index is 2.91. The van der Waals surface area contributed by atoms with Gasteiger partial charge in [0.05, 0.1) is 0 Å². The first-order valence-corrected chi connectivity index (χ1v) is 5.08. The Hall–Kier alpha value is -1.70. The number of carbonyl (C=O) groups is 1. The molecule has 2 unspecified atom stereocenters. The minimum Gasteiger partial charge on any atom is -0.479 e. The number of carboxylic acids is 1. The van der Waals surface area contributed by atoms with E-state index >= 15 is 0 Å². The van der Waals surface area contributed by atoms with Crippen molar-refractivity contribution in [2.24, 2.45) is 5.73 Å². The largest absolute Gasteiger partial charge is 0.479 e. The lowest BCUT2D eigenvalue weighted by atomic mass is 10.0. The quantitative estimate of drug-likeness (QED) is 0.474. The van der Waals surface area contributed by atoms with Gasteiger partial charge in [-0.3, -0.25) is 0 Å². The zero-order valence-corrected chi connectivity index (χ0v) is 9.52. The maximum Gasteiger partial charge on any atom is 0.335 e. The molecule has 0 aliphatic carbocycles. The number of aliphatic hydroxyl groups excluding tert-OH is 2. The van der Waals surface area contributed by atoms with Crippen LogP contribution in [0, 0.1) is 0 Å². The minimum absolute atomic E-state index is 0.0513. The van der Waals surface area contributed by atoms with E-state index in [-0.39, 0.29) is 10.7 Å². The molecule has 0 saturated carbocycles. The van der Waals surface area contributed by atoms with Crippen molar-refractivity contribution in [3.05, 3.63) is 29.8 Å². The van der Waals surface area contributed by atoms with Crippen molar-refractivity contribution in [1.82, 2.24) is 0 Å². The van der Waals surface area contributed by atoms with Gasteiger partial charge < -0.3 is 26.4 Å². The standard InChI is InChI=1S/C10H12N2O4S/c11-10(17)12-6-3-1-2-5(4-6)7(13)8(14)9(15)16/h1-4,7-8,13-14H,(H,15,16)(H3,11,12,17). The van der Waals surface area contributed by atoms with Crippen molar-refractivity contribution in [1.29, 1.82) is 0 Å². The van der Waals surface area contributed by atoms with E-state index in [1.807, 2.05) is 0 Å². The Morgan fingerprint density at radius 2 is 2.06 bits per heavy atom. The molecule has 0 saturated heterocycles. The number of rotatable bonds is 4. The molecule has 1 aromatic carbocycles. The summed E-state index contributed by atoms with van der Waals surface area (Å²) in [6.07, 6.45) is -3.39. The maximum atomic E-state index is 10.5. The second-order valence-electron chi connectivity index (χ2n) is 3.34. The molecule has 0 aromatic heterocycles. The van der Waals surface area contributed by atoms with Gasteiger partial charge in [-0.15, -0.1) is 0 Å². The number of anilines is 1. The number of nitrogens with one attached hydrogen (secondary N) is 1. The topological polar surface area (TPSA) is 116 Å². The molecule has 0 heterocycles. The van der Waals surface area contributed by atoms with Crippen LogP contribution in [0.3, 0.4) is 0 Å². The van der Waals surface area contributed by atoms with E-state index in [1.54, 1.807) is 12.1 Å². The highest BCUT2D eigenvalue weighted by Crippen LogP contribution is 2.20. The Labute approximate surface area is 103 Å². The average Bonchev–Trinajstić information content (AvgIpc) is 2.26. The van der Waals surface area contributed by atoms with Crippen molar-refractivity contribution in [2.75, 3.05) is 5.32 Å². The Bertz CT molecular complexity index is 438. The lowest BCUT2D eigenvalue weighted by molar-refractivity contribution is -0.153. The van der Waals surface area contributed by atoms with Crippen LogP contribution in [0.15, 0.2) is 24.3 Å². The third kappa shape index (κ3) is 3.66. The molecule has 92 valence electrons. The molecular formula is C10H12N2O4S. The summed E-state index contributed by atoms with van der Waals surface area (Å²) in [6, 6.07) is 6.16. The van der Waals surface area contributed by atoms with E-state index in [1.165, 1.54) is 12.1 Å². The van der Waals surface area contributed by atoms with Gasteiger partial charge in [0.2, 0.25) is 0 Å². The highest BCUT2D eigenvalue weighted by atomic mass is 32.1. The fraction of sp³-hybridized carbons (Fsp3) is 0.200. The summed E-state index contributed by atoms with van der Waals surface area (Å²) in [5, 5.41) is 30.0. The third-order valence-corrected chi connectivity index (χ3v) is 2.15.